The predicted molar refractivity (Wildman–Crippen MR) is 328 cm³/mol. The number of carbonyl (C=O) groups is 8. The maximum atomic E-state index is 14.3. The molecular weight excluding hydrogens is 1220 g/mol. The van der Waals surface area contributed by atoms with E-state index in [9.17, 15) is 48.6 Å². The van der Waals surface area contributed by atoms with E-state index < -0.39 is 66.2 Å². The number of rotatable bonds is 19. The van der Waals surface area contributed by atoms with Crippen molar-refractivity contribution in [1.82, 2.24) is 56.2 Å². The third kappa shape index (κ3) is 15.5. The van der Waals surface area contributed by atoms with Crippen LogP contribution in [0, 0.1) is 6.92 Å². The number of aliphatic hydroxyl groups is 1. The van der Waals surface area contributed by atoms with Crippen LogP contribution >= 0.6 is 68.0 Å². The van der Waals surface area contributed by atoms with Gasteiger partial charge in [-0.3, -0.25) is 48.6 Å². The Labute approximate surface area is 515 Å². The summed E-state index contributed by atoms with van der Waals surface area (Å²) in [6.45, 7) is 3.22. The lowest BCUT2D eigenvalue weighted by molar-refractivity contribution is -0.138. The van der Waals surface area contributed by atoms with Crippen LogP contribution in [0.4, 0.5) is 10.9 Å². The van der Waals surface area contributed by atoms with Crippen molar-refractivity contribution in [1.29, 1.82) is 0 Å². The normalized spacial score (nSPS) is 15.0. The number of anilines is 2. The first-order chi connectivity index (χ1) is 41.5. The summed E-state index contributed by atoms with van der Waals surface area (Å²) in [5.74, 6) is -4.98. The van der Waals surface area contributed by atoms with Gasteiger partial charge in [0.2, 0.25) is 17.7 Å². The van der Waals surface area contributed by atoms with Crippen LogP contribution in [0.5, 0.6) is 0 Å². The summed E-state index contributed by atoms with van der Waals surface area (Å²) in [5, 5.41) is 52.8. The van der Waals surface area contributed by atoms with E-state index in [1.807, 2.05) is 6.92 Å². The summed E-state index contributed by atoms with van der Waals surface area (Å²) in [7, 11) is 1.46. The first-order valence-electron chi connectivity index (χ1n) is 27.2. The lowest BCUT2D eigenvalue weighted by Gasteiger charge is -2.23. The van der Waals surface area contributed by atoms with Gasteiger partial charge >= 0.3 is 11.9 Å². The number of benzene rings is 1. The summed E-state index contributed by atoms with van der Waals surface area (Å²) < 4.78 is 0. The Morgan fingerprint density at radius 2 is 1.38 bits per heavy atom. The fraction of sp³-hybridized carbons (Fsp3) is 0.339. The van der Waals surface area contributed by atoms with Gasteiger partial charge in [0.05, 0.1) is 24.7 Å². The van der Waals surface area contributed by atoms with Gasteiger partial charge in [-0.05, 0) is 56.7 Å². The first-order valence-corrected chi connectivity index (χ1v) is 32.3. The van der Waals surface area contributed by atoms with Crippen molar-refractivity contribution in [3.63, 3.8) is 0 Å². The predicted octanol–water partition coefficient (Wildman–Crippen LogP) is 8.87. The standard InChI is InChI=1S/C56H57N13O11S6/c1-4-5-15-36-45-49(79)58-23-39(71)65-46(47(77)29-13-8-6-9-14-29)55-63-35(26-83-55)53-61-33(24-82-53)44-30(19-20-31(59-44)52-64-37(27-84-52)69(21-12-18-42(75)76)40(72)16-10-7-11-17-41(73)74)51-62-34(25-81-51)48(78)60-32(22-38(70)57-3)54-66-43(28(2)85-54)50(80)68-56(67-45)86-36/h6,8-9,13-14,19-20,24-27,32,46-47,77H,4-5,7,10-12,15-18,21-23H2,1-3H3,(H,57,70)(H,58,79)(H,60,78)(H,65,71)(H,73,74)(H,75,76)(H,67,68,80)/t32-,46-,47-/m0/s1. The first kappa shape index (κ1) is 62.4. The molecule has 0 spiro atoms. The van der Waals surface area contributed by atoms with Crippen LogP contribution in [0.3, 0.4) is 0 Å². The van der Waals surface area contributed by atoms with Crippen molar-refractivity contribution < 1.29 is 53.7 Å². The van der Waals surface area contributed by atoms with Crippen LogP contribution in [-0.2, 0) is 30.4 Å². The molecule has 0 saturated carbocycles. The SMILES string of the molecule is CCCCc1sc2nc1C(=O)NCC(=O)N[C@@H]([C@@H](O)c1ccccc1)c1nc(cs1)-c1nc(cs1)-c1nc(-c3nc(N(CCCC(=O)O)C(=O)CCCCCC(=O)O)cs3)ccc1-c1nc(cs1)C(=O)N[C@@H](CC(=O)NC)c1nc(c(C)s1)C(=O)N2. The monoisotopic (exact) mass is 1280 g/mol. The summed E-state index contributed by atoms with van der Waals surface area (Å²) in [6.07, 6.45) is 1.81. The molecule has 0 fully saturated rings. The van der Waals surface area contributed by atoms with Gasteiger partial charge in [0.1, 0.15) is 77.2 Å². The largest absolute Gasteiger partial charge is 0.481 e. The van der Waals surface area contributed by atoms with E-state index >= 15 is 0 Å². The molecule has 0 saturated heterocycles. The molecule has 8 N–H and O–H groups in total. The zero-order valence-electron chi connectivity index (χ0n) is 46.4. The molecule has 86 heavy (non-hydrogen) atoms. The van der Waals surface area contributed by atoms with Gasteiger partial charge in [-0.2, -0.15) is 0 Å². The highest BCUT2D eigenvalue weighted by atomic mass is 32.1. The van der Waals surface area contributed by atoms with Crippen molar-refractivity contribution >= 4 is 126 Å². The lowest BCUT2D eigenvalue weighted by Crippen LogP contribution is -2.40. The highest BCUT2D eigenvalue weighted by Crippen LogP contribution is 2.40. The van der Waals surface area contributed by atoms with Crippen LogP contribution in [-0.4, -0.2) is 118 Å². The average Bonchev–Trinajstić information content (AvgIpc) is 3.06. The quantitative estimate of drug-likeness (QED) is 0.0350. The van der Waals surface area contributed by atoms with E-state index in [4.69, 9.17) is 30.0 Å². The van der Waals surface area contributed by atoms with Gasteiger partial charge in [0.25, 0.3) is 17.7 Å². The number of carboxylic acid groups (broad SMARTS) is 2. The molecule has 7 aromatic heterocycles. The topological polar surface area (TPSA) is 351 Å². The smallest absolute Gasteiger partial charge is 0.303 e. The number of carboxylic acids is 2. The zero-order valence-corrected chi connectivity index (χ0v) is 51.3. The van der Waals surface area contributed by atoms with Crippen LogP contribution < -0.4 is 31.5 Å². The van der Waals surface area contributed by atoms with E-state index in [0.29, 0.717) is 95.8 Å². The summed E-state index contributed by atoms with van der Waals surface area (Å²) in [6, 6.07) is 10.1. The van der Waals surface area contributed by atoms with Gasteiger partial charge < -0.3 is 36.6 Å². The Balaban J connectivity index is 1.11. The molecule has 0 radical (unpaired) electrons. The molecule has 10 bridgehead atoms. The summed E-state index contributed by atoms with van der Waals surface area (Å²) in [5.41, 5.74) is 2.45. The maximum Gasteiger partial charge on any atom is 0.303 e. The van der Waals surface area contributed by atoms with E-state index in [2.05, 4.69) is 36.6 Å². The maximum absolute atomic E-state index is 14.3. The molecule has 1 aliphatic heterocycles. The minimum Gasteiger partial charge on any atom is -0.481 e. The van der Waals surface area contributed by atoms with Crippen molar-refractivity contribution in [2.24, 2.45) is 0 Å². The Morgan fingerprint density at radius 3 is 2.15 bits per heavy atom. The van der Waals surface area contributed by atoms with Crippen LogP contribution in [0.15, 0.2) is 64.0 Å². The highest BCUT2D eigenvalue weighted by Gasteiger charge is 2.32. The highest BCUT2D eigenvalue weighted by molar-refractivity contribution is 7.16. The minimum atomic E-state index is -1.29. The number of aryl methyl sites for hydroxylation is 2. The van der Waals surface area contributed by atoms with Gasteiger partial charge in [0.15, 0.2) is 5.13 Å². The number of hydrogen-bond acceptors (Lipinski definition) is 22. The fourth-order valence-electron chi connectivity index (χ4n) is 8.93. The molecule has 1 aromatic carbocycles. The molecule has 8 aromatic rings. The molecule has 3 atom stereocenters. The lowest BCUT2D eigenvalue weighted by atomic mass is 10.0. The average molecular weight is 1280 g/mol. The zero-order chi connectivity index (χ0) is 61.0. The number of unbranched alkanes of at least 4 members (excludes halogenated alkanes) is 3. The third-order valence-electron chi connectivity index (χ3n) is 13.3. The summed E-state index contributed by atoms with van der Waals surface area (Å²) in [4.78, 5) is 142. The Bertz CT molecular complexity index is 3800. The number of aromatic nitrogens is 7. The fourth-order valence-corrected chi connectivity index (χ4v) is 14.2. The molecule has 0 aliphatic carbocycles. The van der Waals surface area contributed by atoms with Gasteiger partial charge in [-0.1, -0.05) is 50.1 Å². The van der Waals surface area contributed by atoms with E-state index in [0.717, 1.165) is 40.4 Å². The number of hydrogen-bond donors (Lipinski definition) is 8. The third-order valence-corrected chi connectivity index (χ3v) is 19.0. The molecule has 30 heteroatoms. The number of pyridine rings is 1. The Kier molecular flexibility index (Phi) is 20.9. The van der Waals surface area contributed by atoms with Crippen molar-refractivity contribution in [3.05, 3.63) is 106 Å². The van der Waals surface area contributed by atoms with Gasteiger partial charge in [-0.15, -0.1) is 68.0 Å². The van der Waals surface area contributed by atoms with E-state index in [1.165, 1.54) is 46.0 Å². The van der Waals surface area contributed by atoms with Gasteiger partial charge in [-0.25, -0.2) is 34.9 Å². The van der Waals surface area contributed by atoms with E-state index in [1.54, 1.807) is 70.9 Å². The molecule has 6 amide bonds. The van der Waals surface area contributed by atoms with Crippen molar-refractivity contribution in [2.75, 3.05) is 30.4 Å². The number of aliphatic carboxylic acids is 2. The number of thiazole rings is 6. The molecule has 9 rings (SSSR count). The molecule has 448 valence electrons. The van der Waals surface area contributed by atoms with Crippen molar-refractivity contribution in [2.45, 2.75) is 103 Å². The van der Waals surface area contributed by atoms with Crippen LogP contribution in [0.25, 0.3) is 43.4 Å². The molecule has 24 nitrogen and oxygen atoms in total. The van der Waals surface area contributed by atoms with Crippen LogP contribution in [0.1, 0.15) is 146 Å². The number of carbonyl (C=O) groups excluding carboxylic acids is 6. The second-order valence-corrected chi connectivity index (χ2v) is 25.3. The van der Waals surface area contributed by atoms with Crippen LogP contribution in [0.2, 0.25) is 0 Å². The number of amides is 6. The Hall–Kier alpha value is -8.13. The molecule has 1 aliphatic rings. The number of fused-ring (bicyclic) bond motifs is 14. The van der Waals surface area contributed by atoms with Gasteiger partial charge in [0, 0.05) is 69.7 Å². The number of nitrogens with zero attached hydrogens (tertiary/aromatic N) is 8. The van der Waals surface area contributed by atoms with E-state index in [-0.39, 0.29) is 77.6 Å². The minimum absolute atomic E-state index is 0.00348. The Morgan fingerprint density at radius 1 is 0.674 bits per heavy atom. The number of nitrogens with one attached hydrogen (secondary N) is 5. The second kappa shape index (κ2) is 28.8. The molecular formula is C56H57N13O11S6. The molecule has 0 unspecified atom stereocenters. The second-order valence-electron chi connectivity index (χ2n) is 19.5. The number of aliphatic hydroxyl groups excluding tert-OH is 1. The molecule has 8 heterocycles. The summed E-state index contributed by atoms with van der Waals surface area (Å²) >= 11 is 6.98. The van der Waals surface area contributed by atoms with Crippen molar-refractivity contribution in [3.8, 4) is 43.4 Å².